The second-order valence-corrected chi connectivity index (χ2v) is 4.98. The molecule has 2 N–H and O–H groups in total. The molecule has 1 aliphatic rings. The van der Waals surface area contributed by atoms with Crippen molar-refractivity contribution in [1.29, 1.82) is 0 Å². The van der Waals surface area contributed by atoms with Gasteiger partial charge in [0.25, 0.3) is 0 Å². The topological polar surface area (TPSA) is 49.3 Å². The summed E-state index contributed by atoms with van der Waals surface area (Å²) in [4.78, 5) is 11.0. The lowest BCUT2D eigenvalue weighted by Gasteiger charge is -2.38. The first-order chi connectivity index (χ1) is 8.12. The Kier molecular flexibility index (Phi) is 3.69. The third kappa shape index (κ3) is 2.79. The first kappa shape index (κ1) is 12.4. The fourth-order valence-corrected chi connectivity index (χ4v) is 2.62. The van der Waals surface area contributed by atoms with E-state index in [1.54, 1.807) is 0 Å². The molecule has 2 rings (SSSR count). The lowest BCUT2D eigenvalue weighted by molar-refractivity contribution is -0.139. The summed E-state index contributed by atoms with van der Waals surface area (Å²) in [5.41, 5.74) is 0.596. The van der Waals surface area contributed by atoms with Crippen molar-refractivity contribution in [2.75, 3.05) is 6.54 Å². The molecule has 0 spiro atoms. The maximum Gasteiger partial charge on any atom is 0.305 e. The summed E-state index contributed by atoms with van der Waals surface area (Å²) in [7, 11) is 0. The van der Waals surface area contributed by atoms with E-state index in [9.17, 15) is 4.79 Å². The second-order valence-electron chi connectivity index (χ2n) is 4.54. The molecule has 17 heavy (non-hydrogen) atoms. The molecule has 1 aromatic carbocycles. The summed E-state index contributed by atoms with van der Waals surface area (Å²) < 4.78 is 0. The number of carboxylic acids is 1. The predicted octanol–water partition coefficient (Wildman–Crippen LogP) is 2.78. The van der Waals surface area contributed by atoms with Crippen LogP contribution in [0.2, 0.25) is 5.02 Å². The Morgan fingerprint density at radius 1 is 1.35 bits per heavy atom. The van der Waals surface area contributed by atoms with Gasteiger partial charge in [-0.25, -0.2) is 0 Å². The van der Waals surface area contributed by atoms with Crippen LogP contribution < -0.4 is 5.32 Å². The summed E-state index contributed by atoms with van der Waals surface area (Å²) in [6.07, 6.45) is 3.15. The zero-order valence-corrected chi connectivity index (χ0v) is 10.3. The van der Waals surface area contributed by atoms with Gasteiger partial charge in [0.15, 0.2) is 0 Å². The molecule has 0 aromatic heterocycles. The maximum absolute atomic E-state index is 11.0. The van der Waals surface area contributed by atoms with Crippen LogP contribution in [0.5, 0.6) is 0 Å². The highest BCUT2D eigenvalue weighted by atomic mass is 35.5. The molecule has 1 aliphatic heterocycles. The first-order valence-corrected chi connectivity index (χ1v) is 6.23. The maximum atomic E-state index is 11.0. The summed E-state index contributed by atoms with van der Waals surface area (Å²) in [5.74, 6) is -0.769. The number of nitrogens with one attached hydrogen (secondary N) is 1. The Morgan fingerprint density at radius 3 is 2.59 bits per heavy atom. The summed E-state index contributed by atoms with van der Waals surface area (Å²) in [5, 5.41) is 13.1. The zero-order chi connectivity index (χ0) is 12.3. The van der Waals surface area contributed by atoms with Crippen LogP contribution >= 0.6 is 11.6 Å². The van der Waals surface area contributed by atoms with Crippen LogP contribution in [0, 0.1) is 0 Å². The molecule has 1 atom stereocenters. The van der Waals surface area contributed by atoms with Crippen molar-refractivity contribution in [1.82, 2.24) is 5.32 Å². The van der Waals surface area contributed by atoms with Crippen molar-refractivity contribution in [3.8, 4) is 0 Å². The van der Waals surface area contributed by atoms with E-state index in [-0.39, 0.29) is 6.42 Å². The summed E-state index contributed by atoms with van der Waals surface area (Å²) in [6, 6.07) is 7.47. The van der Waals surface area contributed by atoms with E-state index in [1.807, 2.05) is 24.3 Å². The van der Waals surface area contributed by atoms with Gasteiger partial charge in [0.1, 0.15) is 0 Å². The predicted molar refractivity (Wildman–Crippen MR) is 67.2 cm³/mol. The molecule has 92 valence electrons. The Balaban J connectivity index is 2.31. The van der Waals surface area contributed by atoms with Crippen molar-refractivity contribution in [3.05, 3.63) is 34.9 Å². The zero-order valence-electron chi connectivity index (χ0n) is 9.58. The van der Waals surface area contributed by atoms with Gasteiger partial charge in [0, 0.05) is 5.02 Å². The number of piperidine rings is 1. The Bertz CT molecular complexity index is 396. The molecule has 0 saturated carbocycles. The highest BCUT2D eigenvalue weighted by Gasteiger charge is 2.35. The van der Waals surface area contributed by atoms with E-state index < -0.39 is 11.5 Å². The lowest BCUT2D eigenvalue weighted by Crippen LogP contribution is -2.47. The van der Waals surface area contributed by atoms with Gasteiger partial charge in [-0.1, -0.05) is 23.7 Å². The smallest absolute Gasteiger partial charge is 0.305 e. The van der Waals surface area contributed by atoms with Crippen LogP contribution in [0.1, 0.15) is 31.2 Å². The molecule has 1 fully saturated rings. The average Bonchev–Trinajstić information content (AvgIpc) is 2.30. The average molecular weight is 254 g/mol. The fraction of sp³-hybridized carbons (Fsp3) is 0.462. The van der Waals surface area contributed by atoms with Crippen LogP contribution in [0.15, 0.2) is 24.3 Å². The fourth-order valence-electron chi connectivity index (χ4n) is 2.49. The molecule has 0 amide bonds. The lowest BCUT2D eigenvalue weighted by atomic mass is 9.80. The van der Waals surface area contributed by atoms with Gasteiger partial charge in [0.2, 0.25) is 0 Å². The number of hydrogen-bond donors (Lipinski definition) is 2. The molecule has 0 bridgehead atoms. The number of aliphatic carboxylic acids is 1. The van der Waals surface area contributed by atoms with Gasteiger partial charge in [0.05, 0.1) is 12.0 Å². The van der Waals surface area contributed by atoms with Crippen LogP contribution in [0.4, 0.5) is 0 Å². The first-order valence-electron chi connectivity index (χ1n) is 5.85. The minimum atomic E-state index is -0.769. The van der Waals surface area contributed by atoms with Gasteiger partial charge in [-0.2, -0.15) is 0 Å². The van der Waals surface area contributed by atoms with Crippen LogP contribution in [-0.2, 0) is 10.3 Å². The van der Waals surface area contributed by atoms with Crippen LogP contribution in [0.3, 0.4) is 0 Å². The normalized spacial score (nSPS) is 24.5. The third-order valence-corrected chi connectivity index (χ3v) is 3.60. The number of carbonyl (C=O) groups is 1. The van der Waals surface area contributed by atoms with Gasteiger partial charge < -0.3 is 10.4 Å². The minimum absolute atomic E-state index is 0.120. The van der Waals surface area contributed by atoms with E-state index in [2.05, 4.69) is 5.32 Å². The highest BCUT2D eigenvalue weighted by Crippen LogP contribution is 2.34. The van der Waals surface area contributed by atoms with E-state index in [0.29, 0.717) is 5.02 Å². The second kappa shape index (κ2) is 5.07. The van der Waals surface area contributed by atoms with Crippen molar-refractivity contribution in [2.45, 2.75) is 31.2 Å². The standard InChI is InChI=1S/C13H16ClNO2/c14-11-5-3-10(4-6-11)13(9-12(16)17)7-1-2-8-15-13/h3-6,15H,1-2,7-9H2,(H,16,17). The van der Waals surface area contributed by atoms with Crippen molar-refractivity contribution >= 4 is 17.6 Å². The number of halogens is 1. The number of rotatable bonds is 3. The van der Waals surface area contributed by atoms with Crippen LogP contribution in [0.25, 0.3) is 0 Å². The van der Waals surface area contributed by atoms with E-state index in [0.717, 1.165) is 31.4 Å². The van der Waals surface area contributed by atoms with E-state index in [4.69, 9.17) is 16.7 Å². The van der Waals surface area contributed by atoms with Crippen molar-refractivity contribution in [3.63, 3.8) is 0 Å². The van der Waals surface area contributed by atoms with Crippen molar-refractivity contribution < 1.29 is 9.90 Å². The van der Waals surface area contributed by atoms with Crippen LogP contribution in [-0.4, -0.2) is 17.6 Å². The minimum Gasteiger partial charge on any atom is -0.481 e. The number of carboxylic acid groups (broad SMARTS) is 1. The molecular formula is C13H16ClNO2. The quantitative estimate of drug-likeness (QED) is 0.871. The third-order valence-electron chi connectivity index (χ3n) is 3.34. The number of benzene rings is 1. The Hall–Kier alpha value is -1.06. The van der Waals surface area contributed by atoms with E-state index >= 15 is 0 Å². The van der Waals surface area contributed by atoms with Gasteiger partial charge in [-0.05, 0) is 43.5 Å². The molecule has 1 aromatic rings. The van der Waals surface area contributed by atoms with Gasteiger partial charge >= 0.3 is 5.97 Å². The SMILES string of the molecule is O=C(O)CC1(c2ccc(Cl)cc2)CCCCN1. The van der Waals surface area contributed by atoms with Crippen molar-refractivity contribution in [2.24, 2.45) is 0 Å². The molecule has 1 saturated heterocycles. The Morgan fingerprint density at radius 2 is 2.06 bits per heavy atom. The van der Waals surface area contributed by atoms with Gasteiger partial charge in [-0.15, -0.1) is 0 Å². The molecule has 0 radical (unpaired) electrons. The van der Waals surface area contributed by atoms with Gasteiger partial charge in [-0.3, -0.25) is 4.79 Å². The monoisotopic (exact) mass is 253 g/mol. The van der Waals surface area contributed by atoms with E-state index in [1.165, 1.54) is 0 Å². The highest BCUT2D eigenvalue weighted by molar-refractivity contribution is 6.30. The molecule has 1 unspecified atom stereocenters. The summed E-state index contributed by atoms with van der Waals surface area (Å²) >= 11 is 5.86. The Labute approximate surface area is 106 Å². The largest absolute Gasteiger partial charge is 0.481 e. The molecule has 4 heteroatoms. The molecule has 0 aliphatic carbocycles. The molecule has 1 heterocycles. The number of hydrogen-bond acceptors (Lipinski definition) is 2. The summed E-state index contributed by atoms with van der Waals surface area (Å²) in [6.45, 7) is 0.871. The molecule has 3 nitrogen and oxygen atoms in total. The molecular weight excluding hydrogens is 238 g/mol.